The van der Waals surface area contributed by atoms with E-state index in [1.807, 2.05) is 34.5 Å². The first-order valence-electron chi connectivity index (χ1n) is 7.42. The van der Waals surface area contributed by atoms with Crippen LogP contribution in [0.1, 0.15) is 34.1 Å². The Morgan fingerprint density at radius 2 is 2.00 bits per heavy atom. The van der Waals surface area contributed by atoms with Crippen molar-refractivity contribution >= 4 is 23.2 Å². The summed E-state index contributed by atoms with van der Waals surface area (Å²) in [6.45, 7) is 0.818. The second kappa shape index (κ2) is 6.75. The standard InChI is InChI=1S/C17H18N2O2S/c20-16(12-18-17(21)13-6-2-1-3-7-13)19-10-4-8-14(19)15-9-5-11-22-15/h1-3,5-7,9,11,14H,4,8,10,12H2,(H,18,21). The Kier molecular flexibility index (Phi) is 4.53. The van der Waals surface area contributed by atoms with Crippen molar-refractivity contribution in [2.24, 2.45) is 0 Å². The lowest BCUT2D eigenvalue weighted by molar-refractivity contribution is -0.131. The van der Waals surface area contributed by atoms with Gasteiger partial charge in [-0.2, -0.15) is 0 Å². The molecule has 4 nitrogen and oxygen atoms in total. The van der Waals surface area contributed by atoms with Crippen LogP contribution in [0, 0.1) is 0 Å². The van der Waals surface area contributed by atoms with Gasteiger partial charge in [0.1, 0.15) is 0 Å². The van der Waals surface area contributed by atoms with E-state index in [9.17, 15) is 9.59 Å². The molecule has 114 valence electrons. The maximum absolute atomic E-state index is 12.4. The summed E-state index contributed by atoms with van der Waals surface area (Å²) in [5, 5.41) is 4.75. The minimum atomic E-state index is -0.208. The SMILES string of the molecule is O=C(NCC(=O)N1CCCC1c1cccs1)c1ccccc1. The summed E-state index contributed by atoms with van der Waals surface area (Å²) in [5.41, 5.74) is 0.575. The lowest BCUT2D eigenvalue weighted by Crippen LogP contribution is -2.39. The summed E-state index contributed by atoms with van der Waals surface area (Å²) in [5.74, 6) is -0.221. The number of likely N-dealkylation sites (tertiary alicyclic amines) is 1. The molecule has 22 heavy (non-hydrogen) atoms. The van der Waals surface area contributed by atoms with E-state index in [4.69, 9.17) is 0 Å². The molecule has 1 aliphatic heterocycles. The van der Waals surface area contributed by atoms with Crippen LogP contribution in [-0.2, 0) is 4.79 Å². The molecule has 0 radical (unpaired) electrons. The maximum Gasteiger partial charge on any atom is 0.251 e. The number of nitrogens with zero attached hydrogens (tertiary/aromatic N) is 1. The summed E-state index contributed by atoms with van der Waals surface area (Å²) in [7, 11) is 0. The quantitative estimate of drug-likeness (QED) is 0.943. The fraction of sp³-hybridized carbons (Fsp3) is 0.294. The number of hydrogen-bond acceptors (Lipinski definition) is 3. The third kappa shape index (κ3) is 3.20. The number of carbonyl (C=O) groups is 2. The van der Waals surface area contributed by atoms with Gasteiger partial charge in [0.15, 0.2) is 0 Å². The molecule has 1 unspecified atom stereocenters. The minimum Gasteiger partial charge on any atom is -0.343 e. The monoisotopic (exact) mass is 314 g/mol. The van der Waals surface area contributed by atoms with Gasteiger partial charge in [-0.1, -0.05) is 24.3 Å². The van der Waals surface area contributed by atoms with E-state index in [1.165, 1.54) is 4.88 Å². The number of benzene rings is 1. The van der Waals surface area contributed by atoms with Gasteiger partial charge in [0.05, 0.1) is 12.6 Å². The van der Waals surface area contributed by atoms with Crippen LogP contribution in [0.5, 0.6) is 0 Å². The molecule has 1 aromatic carbocycles. The van der Waals surface area contributed by atoms with Crippen molar-refractivity contribution in [1.82, 2.24) is 10.2 Å². The summed E-state index contributed by atoms with van der Waals surface area (Å²) < 4.78 is 0. The van der Waals surface area contributed by atoms with Crippen LogP contribution in [-0.4, -0.2) is 29.8 Å². The molecule has 0 saturated carbocycles. The molecule has 1 aliphatic rings. The molecule has 1 atom stereocenters. The first-order valence-corrected chi connectivity index (χ1v) is 8.30. The van der Waals surface area contributed by atoms with Gasteiger partial charge >= 0.3 is 0 Å². The lowest BCUT2D eigenvalue weighted by atomic mass is 10.2. The Hall–Kier alpha value is -2.14. The minimum absolute atomic E-state index is 0.0137. The molecule has 2 aromatic rings. The number of carbonyl (C=O) groups excluding carboxylic acids is 2. The van der Waals surface area contributed by atoms with Gasteiger partial charge < -0.3 is 10.2 Å². The Labute approximate surface area is 133 Å². The van der Waals surface area contributed by atoms with Crippen LogP contribution in [0.25, 0.3) is 0 Å². The van der Waals surface area contributed by atoms with Crippen molar-refractivity contribution in [3.63, 3.8) is 0 Å². The number of thiophene rings is 1. The third-order valence-corrected chi connectivity index (χ3v) is 4.85. The molecule has 5 heteroatoms. The molecule has 1 saturated heterocycles. The number of hydrogen-bond donors (Lipinski definition) is 1. The summed E-state index contributed by atoms with van der Waals surface area (Å²) in [6.07, 6.45) is 2.01. The van der Waals surface area contributed by atoms with Crippen molar-refractivity contribution < 1.29 is 9.59 Å². The largest absolute Gasteiger partial charge is 0.343 e. The average Bonchev–Trinajstić information content (AvgIpc) is 3.23. The van der Waals surface area contributed by atoms with Crippen LogP contribution in [0.4, 0.5) is 0 Å². The van der Waals surface area contributed by atoms with Crippen LogP contribution < -0.4 is 5.32 Å². The second-order valence-electron chi connectivity index (χ2n) is 5.31. The molecule has 0 bridgehead atoms. The number of amides is 2. The number of nitrogens with one attached hydrogen (secondary N) is 1. The van der Waals surface area contributed by atoms with Crippen molar-refractivity contribution in [2.45, 2.75) is 18.9 Å². The van der Waals surface area contributed by atoms with E-state index >= 15 is 0 Å². The van der Waals surface area contributed by atoms with Crippen molar-refractivity contribution in [3.8, 4) is 0 Å². The third-order valence-electron chi connectivity index (χ3n) is 3.88. The van der Waals surface area contributed by atoms with Gasteiger partial charge in [0.2, 0.25) is 5.91 Å². The normalized spacial score (nSPS) is 17.5. The van der Waals surface area contributed by atoms with E-state index in [0.29, 0.717) is 5.56 Å². The summed E-state index contributed by atoms with van der Waals surface area (Å²) in [4.78, 5) is 27.5. The van der Waals surface area contributed by atoms with E-state index < -0.39 is 0 Å². The molecular formula is C17H18N2O2S. The zero-order valence-electron chi connectivity index (χ0n) is 12.2. The Balaban J connectivity index is 1.59. The van der Waals surface area contributed by atoms with Gasteiger partial charge in [-0.05, 0) is 36.4 Å². The highest BCUT2D eigenvalue weighted by atomic mass is 32.1. The van der Waals surface area contributed by atoms with Gasteiger partial charge in [0.25, 0.3) is 5.91 Å². The summed E-state index contributed by atoms with van der Waals surface area (Å²) >= 11 is 1.68. The maximum atomic E-state index is 12.4. The topological polar surface area (TPSA) is 49.4 Å². The Morgan fingerprint density at radius 1 is 1.18 bits per heavy atom. The fourth-order valence-corrected chi connectivity index (χ4v) is 3.66. The Morgan fingerprint density at radius 3 is 2.73 bits per heavy atom. The van der Waals surface area contributed by atoms with Crippen LogP contribution >= 0.6 is 11.3 Å². The molecule has 2 heterocycles. The zero-order valence-corrected chi connectivity index (χ0v) is 13.0. The van der Waals surface area contributed by atoms with Crippen molar-refractivity contribution in [2.75, 3.05) is 13.1 Å². The van der Waals surface area contributed by atoms with Crippen LogP contribution in [0.15, 0.2) is 47.8 Å². The average molecular weight is 314 g/mol. The highest BCUT2D eigenvalue weighted by Gasteiger charge is 2.30. The molecule has 0 spiro atoms. The molecule has 1 N–H and O–H groups in total. The molecule has 1 aromatic heterocycles. The van der Waals surface area contributed by atoms with Crippen LogP contribution in [0.2, 0.25) is 0 Å². The predicted molar refractivity (Wildman–Crippen MR) is 86.8 cm³/mol. The van der Waals surface area contributed by atoms with Crippen LogP contribution in [0.3, 0.4) is 0 Å². The molecule has 2 amide bonds. The zero-order chi connectivity index (χ0) is 15.4. The summed E-state index contributed by atoms with van der Waals surface area (Å²) in [6, 6.07) is 13.2. The van der Waals surface area contributed by atoms with Crippen molar-refractivity contribution in [1.29, 1.82) is 0 Å². The highest BCUT2D eigenvalue weighted by Crippen LogP contribution is 2.34. The number of rotatable bonds is 4. The van der Waals surface area contributed by atoms with Gasteiger partial charge in [-0.3, -0.25) is 9.59 Å². The van der Waals surface area contributed by atoms with Crippen molar-refractivity contribution in [3.05, 3.63) is 58.3 Å². The fourth-order valence-electron chi connectivity index (χ4n) is 2.79. The lowest BCUT2D eigenvalue weighted by Gasteiger charge is -2.24. The van der Waals surface area contributed by atoms with E-state index in [2.05, 4.69) is 11.4 Å². The van der Waals surface area contributed by atoms with Gasteiger partial charge in [-0.25, -0.2) is 0 Å². The van der Waals surface area contributed by atoms with E-state index in [0.717, 1.165) is 19.4 Å². The van der Waals surface area contributed by atoms with Gasteiger partial charge in [-0.15, -0.1) is 11.3 Å². The highest BCUT2D eigenvalue weighted by molar-refractivity contribution is 7.10. The van der Waals surface area contributed by atoms with Gasteiger partial charge in [0, 0.05) is 17.0 Å². The molecular weight excluding hydrogens is 296 g/mol. The second-order valence-corrected chi connectivity index (χ2v) is 6.29. The molecule has 0 aliphatic carbocycles. The first kappa shape index (κ1) is 14.8. The molecule has 3 rings (SSSR count). The van der Waals surface area contributed by atoms with E-state index in [-0.39, 0.29) is 24.4 Å². The first-order chi connectivity index (χ1) is 10.8. The van der Waals surface area contributed by atoms with E-state index in [1.54, 1.807) is 23.5 Å². The Bertz CT molecular complexity index is 640. The predicted octanol–water partition coefficient (Wildman–Crippen LogP) is 2.84. The molecule has 1 fully saturated rings. The smallest absolute Gasteiger partial charge is 0.251 e.